The highest BCUT2D eigenvalue weighted by Gasteiger charge is 2.38. The molecule has 6 aromatic carbocycles. The van der Waals surface area contributed by atoms with E-state index in [2.05, 4.69) is 187 Å². The zero-order valence-electron chi connectivity index (χ0n) is 40.6. The minimum Gasteiger partial charge on any atom is -0.469 e. The monoisotopic (exact) mass is 965 g/mol. The highest BCUT2D eigenvalue weighted by atomic mass is 35.5. The Balaban J connectivity index is 0.00000593. The molecular formula is C63H64ClNO2S2. The van der Waals surface area contributed by atoms with Gasteiger partial charge in [-0.15, -0.1) is 22.7 Å². The molecule has 2 aliphatic rings. The molecule has 2 heterocycles. The fraction of sp³-hybridized carbons (Fsp3) is 0.286. The second-order valence-corrected chi connectivity index (χ2v) is 22.8. The van der Waals surface area contributed by atoms with Gasteiger partial charge in [0, 0.05) is 54.5 Å². The molecule has 0 unspecified atom stereocenters. The number of thiophene rings is 2. The summed E-state index contributed by atoms with van der Waals surface area (Å²) in [5.41, 5.74) is 21.8. The number of esters is 1. The Morgan fingerprint density at radius 2 is 1.14 bits per heavy atom. The van der Waals surface area contributed by atoms with Crippen molar-refractivity contribution in [1.82, 2.24) is 0 Å². The Hall–Kier alpha value is -5.72. The van der Waals surface area contributed by atoms with Crippen molar-refractivity contribution in [3.63, 3.8) is 0 Å². The number of methoxy groups -OCH3 is 1. The standard InChI is InChI=1S/C62H60ClNO2S2.CH4/c1-9-10-11-12-13-46-24-30-57(67-46)41-18-26-48-50-28-22-44(35-55(50)61(4,5)53(48)33-41)64(43-20-15-40(16-21-43)17-31-59(65)66-8)45-23-29-51-49-27-19-42(34-54(49)62(6,7)56(51)36-45)60-52(37-58(63)68-60)47-25-14-38(2)32-39(47)3;/h14-16,18-30,32-37H,9-13,17,31H2,1-8H3;1H4. The van der Waals surface area contributed by atoms with Gasteiger partial charge in [-0.2, -0.15) is 0 Å². The molecule has 10 rings (SSSR count). The highest BCUT2D eigenvalue weighted by Crippen LogP contribution is 2.55. The molecule has 6 heteroatoms. The minimum atomic E-state index is -0.265. The lowest BCUT2D eigenvalue weighted by atomic mass is 9.81. The van der Waals surface area contributed by atoms with Crippen LogP contribution in [-0.4, -0.2) is 13.1 Å². The van der Waals surface area contributed by atoms with Crippen molar-refractivity contribution < 1.29 is 9.53 Å². The van der Waals surface area contributed by atoms with E-state index in [1.807, 2.05) is 11.3 Å². The summed E-state index contributed by atoms with van der Waals surface area (Å²) in [5, 5.41) is 0. The van der Waals surface area contributed by atoms with Crippen molar-refractivity contribution in [2.45, 2.75) is 112 Å². The molecule has 0 N–H and O–H groups in total. The predicted molar refractivity (Wildman–Crippen MR) is 298 cm³/mol. The maximum Gasteiger partial charge on any atom is 0.305 e. The Bertz CT molecular complexity index is 3220. The summed E-state index contributed by atoms with van der Waals surface area (Å²) < 4.78 is 5.76. The van der Waals surface area contributed by atoms with Gasteiger partial charge in [-0.1, -0.05) is 145 Å². The van der Waals surface area contributed by atoms with Crippen LogP contribution in [0, 0.1) is 13.8 Å². The number of hydrogen-bond acceptors (Lipinski definition) is 5. The number of ether oxygens (including phenoxy) is 1. The van der Waals surface area contributed by atoms with E-state index in [0.29, 0.717) is 12.8 Å². The summed E-state index contributed by atoms with van der Waals surface area (Å²) >= 11 is 10.4. The molecule has 2 aromatic heterocycles. The van der Waals surface area contributed by atoms with E-state index in [9.17, 15) is 4.79 Å². The third-order valence-corrected chi connectivity index (χ3v) is 17.2. The Morgan fingerprint density at radius 1 is 0.580 bits per heavy atom. The molecule has 0 spiro atoms. The molecule has 8 aromatic rings. The number of nitrogens with zero attached hydrogens (tertiary/aromatic N) is 1. The second kappa shape index (κ2) is 19.2. The number of carbonyl (C=O) groups is 1. The van der Waals surface area contributed by atoms with Gasteiger partial charge in [0.2, 0.25) is 0 Å². The number of unbranched alkanes of at least 4 members (excludes halogenated alkanes) is 3. The zero-order chi connectivity index (χ0) is 47.5. The molecule has 0 saturated carbocycles. The SMILES string of the molecule is C.CCCCCCc1ccc(-c2ccc3c(c2)C(C)(C)c2cc(N(c4ccc(CCC(=O)OC)cc4)c4ccc5c(c4)C(C)(C)c4cc(-c6sc(Cl)cc6-c6ccc(C)cc6C)ccc4-5)ccc2-3)s1. The van der Waals surface area contributed by atoms with Crippen molar-refractivity contribution in [2.24, 2.45) is 0 Å². The number of benzene rings is 6. The molecule has 0 saturated heterocycles. The van der Waals surface area contributed by atoms with Crippen LogP contribution in [0.4, 0.5) is 17.1 Å². The molecular weight excluding hydrogens is 902 g/mol. The van der Waals surface area contributed by atoms with E-state index in [-0.39, 0.29) is 24.2 Å². The average molecular weight is 967 g/mol. The molecule has 69 heavy (non-hydrogen) atoms. The number of halogens is 1. The van der Waals surface area contributed by atoms with Crippen LogP contribution in [0.1, 0.15) is 118 Å². The van der Waals surface area contributed by atoms with E-state index >= 15 is 0 Å². The highest BCUT2D eigenvalue weighted by molar-refractivity contribution is 7.20. The number of aryl methyl sites for hydroxylation is 4. The van der Waals surface area contributed by atoms with Crippen molar-refractivity contribution in [2.75, 3.05) is 12.0 Å². The second-order valence-electron chi connectivity index (χ2n) is 20.0. The van der Waals surface area contributed by atoms with Crippen LogP contribution in [0.2, 0.25) is 4.34 Å². The Labute approximate surface area is 423 Å². The van der Waals surface area contributed by atoms with E-state index in [0.717, 1.165) is 27.0 Å². The number of fused-ring (bicyclic) bond motifs is 6. The Morgan fingerprint density at radius 3 is 1.75 bits per heavy atom. The van der Waals surface area contributed by atoms with Gasteiger partial charge in [-0.3, -0.25) is 4.79 Å². The average Bonchev–Trinajstić information content (AvgIpc) is 4.08. The molecule has 3 nitrogen and oxygen atoms in total. The molecule has 0 atom stereocenters. The lowest BCUT2D eigenvalue weighted by molar-refractivity contribution is -0.140. The van der Waals surface area contributed by atoms with Gasteiger partial charge in [0.25, 0.3) is 0 Å². The number of hydrogen-bond donors (Lipinski definition) is 0. The van der Waals surface area contributed by atoms with E-state index in [1.54, 1.807) is 11.3 Å². The predicted octanol–water partition coefficient (Wildman–Crippen LogP) is 19.0. The van der Waals surface area contributed by atoms with E-state index < -0.39 is 0 Å². The van der Waals surface area contributed by atoms with Crippen molar-refractivity contribution in [3.8, 4) is 54.3 Å². The van der Waals surface area contributed by atoms with Gasteiger partial charge >= 0.3 is 5.97 Å². The largest absolute Gasteiger partial charge is 0.469 e. The first-order valence-electron chi connectivity index (χ1n) is 24.3. The van der Waals surface area contributed by atoms with Crippen LogP contribution in [0.3, 0.4) is 0 Å². The smallest absolute Gasteiger partial charge is 0.305 e. The molecule has 0 aliphatic heterocycles. The third-order valence-electron chi connectivity index (χ3n) is 14.7. The first kappa shape index (κ1) is 48.3. The van der Waals surface area contributed by atoms with Crippen LogP contribution in [0.5, 0.6) is 0 Å². The topological polar surface area (TPSA) is 29.5 Å². The zero-order valence-corrected chi connectivity index (χ0v) is 43.0. The van der Waals surface area contributed by atoms with Gasteiger partial charge in [-0.05, 0) is 172 Å². The molecule has 0 radical (unpaired) electrons. The first-order valence-corrected chi connectivity index (χ1v) is 26.3. The summed E-state index contributed by atoms with van der Waals surface area (Å²) in [6, 6.07) is 50.4. The summed E-state index contributed by atoms with van der Waals surface area (Å²) in [4.78, 5) is 18.5. The normalized spacial score (nSPS) is 13.6. The fourth-order valence-electron chi connectivity index (χ4n) is 10.9. The lowest BCUT2D eigenvalue weighted by Crippen LogP contribution is -2.18. The maximum absolute atomic E-state index is 12.1. The number of anilines is 3. The Kier molecular flexibility index (Phi) is 13.5. The van der Waals surface area contributed by atoms with E-state index in [4.69, 9.17) is 16.3 Å². The molecule has 352 valence electrons. The van der Waals surface area contributed by atoms with Crippen LogP contribution in [0.15, 0.2) is 133 Å². The van der Waals surface area contributed by atoms with Crippen molar-refractivity contribution in [3.05, 3.63) is 182 Å². The van der Waals surface area contributed by atoms with Gasteiger partial charge in [0.1, 0.15) is 0 Å². The van der Waals surface area contributed by atoms with Crippen molar-refractivity contribution in [1.29, 1.82) is 0 Å². The van der Waals surface area contributed by atoms with Gasteiger partial charge in [0.15, 0.2) is 0 Å². The number of rotatable bonds is 14. The third kappa shape index (κ3) is 8.92. The van der Waals surface area contributed by atoms with E-state index in [1.165, 1.54) is 132 Å². The molecule has 0 amide bonds. The summed E-state index contributed by atoms with van der Waals surface area (Å²) in [7, 11) is 1.45. The minimum absolute atomic E-state index is 0. The van der Waals surface area contributed by atoms with Crippen molar-refractivity contribution >= 4 is 57.3 Å². The molecule has 2 aliphatic carbocycles. The van der Waals surface area contributed by atoms with Gasteiger partial charge < -0.3 is 9.64 Å². The maximum atomic E-state index is 12.1. The van der Waals surface area contributed by atoms with Crippen LogP contribution >= 0.6 is 34.3 Å². The van der Waals surface area contributed by atoms with Gasteiger partial charge in [0.05, 0.1) is 11.4 Å². The van der Waals surface area contributed by atoms with Gasteiger partial charge in [-0.25, -0.2) is 0 Å². The summed E-state index contributed by atoms with van der Waals surface area (Å²) in [6.45, 7) is 16.1. The number of carbonyl (C=O) groups excluding carboxylic acids is 1. The quantitative estimate of drug-likeness (QED) is 0.0803. The molecule has 0 bridgehead atoms. The van der Waals surface area contributed by atoms with Crippen LogP contribution < -0.4 is 4.90 Å². The first-order chi connectivity index (χ1) is 32.7. The summed E-state index contributed by atoms with van der Waals surface area (Å²) in [6.07, 6.45) is 7.29. The van der Waals surface area contributed by atoms with Crippen LogP contribution in [0.25, 0.3) is 54.3 Å². The van der Waals surface area contributed by atoms with Crippen LogP contribution in [-0.2, 0) is 33.2 Å². The lowest BCUT2D eigenvalue weighted by Gasteiger charge is -2.30. The summed E-state index contributed by atoms with van der Waals surface area (Å²) in [5.74, 6) is -0.197. The fourth-order valence-corrected chi connectivity index (χ4v) is 13.2. The molecule has 0 fully saturated rings.